The number of hydrogen-bond acceptors (Lipinski definition) is 3. The highest BCUT2D eigenvalue weighted by molar-refractivity contribution is 7.89. The van der Waals surface area contributed by atoms with Gasteiger partial charge >= 0.3 is 0 Å². The van der Waals surface area contributed by atoms with Gasteiger partial charge in [-0.15, -0.1) is 0 Å². The molecule has 20 heavy (non-hydrogen) atoms. The molecule has 5 nitrogen and oxygen atoms in total. The van der Waals surface area contributed by atoms with E-state index in [0.717, 1.165) is 11.1 Å². The van der Waals surface area contributed by atoms with Gasteiger partial charge in [0.15, 0.2) is 0 Å². The molecule has 0 aliphatic rings. The van der Waals surface area contributed by atoms with Crippen molar-refractivity contribution in [2.45, 2.75) is 38.1 Å². The second-order valence-electron chi connectivity index (χ2n) is 4.80. The van der Waals surface area contributed by atoms with Gasteiger partial charge < -0.3 is 4.98 Å². The minimum Gasteiger partial charge on any atom is -0.347 e. The van der Waals surface area contributed by atoms with Gasteiger partial charge in [-0.05, 0) is 43.5 Å². The molecule has 6 heteroatoms. The third-order valence-corrected chi connectivity index (χ3v) is 4.81. The molecule has 1 aromatic carbocycles. The lowest BCUT2D eigenvalue weighted by atomic mass is 10.1. The first-order valence-corrected chi connectivity index (χ1v) is 8.01. The first-order valence-electron chi connectivity index (χ1n) is 6.53. The largest absolute Gasteiger partial charge is 0.347 e. The third kappa shape index (κ3) is 3.08. The molecule has 1 atom stereocenters. The number of hydrogen-bond donors (Lipinski definition) is 2. The van der Waals surface area contributed by atoms with Crippen molar-refractivity contribution in [1.82, 2.24) is 14.7 Å². The van der Waals surface area contributed by atoms with E-state index in [1.54, 1.807) is 24.5 Å². The second-order valence-corrected chi connectivity index (χ2v) is 6.52. The number of nitrogens with zero attached hydrogens (tertiary/aromatic N) is 1. The van der Waals surface area contributed by atoms with Crippen LogP contribution >= 0.6 is 0 Å². The number of imidazole rings is 1. The number of nitrogens with one attached hydrogen (secondary N) is 2. The van der Waals surface area contributed by atoms with Gasteiger partial charge in [-0.25, -0.2) is 18.1 Å². The first kappa shape index (κ1) is 14.7. The van der Waals surface area contributed by atoms with Gasteiger partial charge in [-0.2, -0.15) is 0 Å². The van der Waals surface area contributed by atoms with E-state index in [1.165, 1.54) is 0 Å². The molecule has 0 saturated heterocycles. The normalized spacial score (nSPS) is 13.3. The van der Waals surface area contributed by atoms with Gasteiger partial charge in [0, 0.05) is 12.4 Å². The Morgan fingerprint density at radius 2 is 2.05 bits per heavy atom. The van der Waals surface area contributed by atoms with Crippen molar-refractivity contribution < 1.29 is 8.42 Å². The predicted octanol–water partition coefficient (Wildman–Crippen LogP) is 2.46. The quantitative estimate of drug-likeness (QED) is 0.889. The highest BCUT2D eigenvalue weighted by atomic mass is 32.2. The number of benzene rings is 1. The Kier molecular flexibility index (Phi) is 4.25. The molecular weight excluding hydrogens is 274 g/mol. The second kappa shape index (κ2) is 5.76. The molecule has 0 fully saturated rings. The van der Waals surface area contributed by atoms with Crippen LogP contribution in [0.1, 0.15) is 36.3 Å². The zero-order valence-corrected chi connectivity index (χ0v) is 12.7. The molecule has 0 bridgehead atoms. The zero-order chi connectivity index (χ0) is 14.8. The van der Waals surface area contributed by atoms with Gasteiger partial charge in [0.05, 0.1) is 10.9 Å². The lowest BCUT2D eigenvalue weighted by molar-refractivity contribution is 0.539. The average Bonchev–Trinajstić information content (AvgIpc) is 2.93. The lowest BCUT2D eigenvalue weighted by Gasteiger charge is -2.15. The molecule has 0 aliphatic carbocycles. The number of aromatic nitrogens is 2. The molecule has 0 amide bonds. The number of H-pyrrole nitrogens is 1. The van der Waals surface area contributed by atoms with Crippen molar-refractivity contribution in [3.05, 3.63) is 47.5 Å². The number of aromatic amines is 1. The van der Waals surface area contributed by atoms with E-state index in [-0.39, 0.29) is 10.9 Å². The van der Waals surface area contributed by atoms with Crippen molar-refractivity contribution in [2.24, 2.45) is 0 Å². The molecule has 1 unspecified atom stereocenters. The van der Waals surface area contributed by atoms with Crippen LogP contribution in [-0.2, 0) is 10.0 Å². The molecule has 1 heterocycles. The van der Waals surface area contributed by atoms with Crippen LogP contribution in [0, 0.1) is 13.8 Å². The van der Waals surface area contributed by atoms with Crippen LogP contribution in [0.5, 0.6) is 0 Å². The molecular formula is C14H19N3O2S. The summed E-state index contributed by atoms with van der Waals surface area (Å²) in [6, 6.07) is 4.78. The summed E-state index contributed by atoms with van der Waals surface area (Å²) in [5, 5.41) is 0. The van der Waals surface area contributed by atoms with Crippen LogP contribution in [-0.4, -0.2) is 18.4 Å². The van der Waals surface area contributed by atoms with Crippen LogP contribution in [0.2, 0.25) is 0 Å². The van der Waals surface area contributed by atoms with E-state index >= 15 is 0 Å². The van der Waals surface area contributed by atoms with Crippen molar-refractivity contribution >= 4 is 10.0 Å². The summed E-state index contributed by atoms with van der Waals surface area (Å²) in [5.74, 6) is 0.625. The first-order chi connectivity index (χ1) is 9.44. The van der Waals surface area contributed by atoms with Crippen molar-refractivity contribution in [3.8, 4) is 0 Å². The molecule has 0 saturated carbocycles. The fraction of sp³-hybridized carbons (Fsp3) is 0.357. The standard InChI is InChI=1S/C14H19N3O2S/c1-4-13(14-15-7-8-16-14)17-20(18,19)12-6-5-10(2)11(3)9-12/h5-9,13,17H,4H2,1-3H3,(H,15,16). The summed E-state index contributed by atoms with van der Waals surface area (Å²) in [4.78, 5) is 7.34. The summed E-state index contributed by atoms with van der Waals surface area (Å²) in [7, 11) is -3.55. The number of rotatable bonds is 5. The van der Waals surface area contributed by atoms with Crippen molar-refractivity contribution in [1.29, 1.82) is 0 Å². The Balaban J connectivity index is 2.28. The average molecular weight is 293 g/mol. The number of aryl methyl sites for hydroxylation is 2. The van der Waals surface area contributed by atoms with Crippen molar-refractivity contribution in [2.75, 3.05) is 0 Å². The van der Waals surface area contributed by atoms with E-state index in [2.05, 4.69) is 14.7 Å². The molecule has 1 aromatic heterocycles. The van der Waals surface area contributed by atoms with Gasteiger partial charge in [0.25, 0.3) is 0 Å². The van der Waals surface area contributed by atoms with Gasteiger partial charge in [0.2, 0.25) is 10.0 Å². The molecule has 2 rings (SSSR count). The summed E-state index contributed by atoms with van der Waals surface area (Å²) in [5.41, 5.74) is 2.03. The maximum Gasteiger partial charge on any atom is 0.241 e. The number of sulfonamides is 1. The smallest absolute Gasteiger partial charge is 0.241 e. The zero-order valence-electron chi connectivity index (χ0n) is 11.8. The van der Waals surface area contributed by atoms with E-state index in [9.17, 15) is 8.42 Å². The Bertz CT molecular complexity index is 678. The summed E-state index contributed by atoms with van der Waals surface area (Å²) in [6.45, 7) is 5.77. The lowest BCUT2D eigenvalue weighted by Crippen LogP contribution is -2.29. The van der Waals surface area contributed by atoms with Gasteiger partial charge in [-0.3, -0.25) is 0 Å². The molecule has 0 radical (unpaired) electrons. The van der Waals surface area contributed by atoms with Crippen LogP contribution in [0.3, 0.4) is 0 Å². The van der Waals surface area contributed by atoms with Crippen molar-refractivity contribution in [3.63, 3.8) is 0 Å². The fourth-order valence-corrected chi connectivity index (χ4v) is 3.31. The predicted molar refractivity (Wildman–Crippen MR) is 77.9 cm³/mol. The Labute approximate surface area is 119 Å². The summed E-state index contributed by atoms with van der Waals surface area (Å²) >= 11 is 0. The highest BCUT2D eigenvalue weighted by Crippen LogP contribution is 2.19. The Hall–Kier alpha value is -1.66. The maximum atomic E-state index is 12.4. The SMILES string of the molecule is CCC(NS(=O)(=O)c1ccc(C)c(C)c1)c1ncc[nH]1. The molecule has 2 aromatic rings. The highest BCUT2D eigenvalue weighted by Gasteiger charge is 2.21. The molecule has 2 N–H and O–H groups in total. The van der Waals surface area contributed by atoms with E-state index in [0.29, 0.717) is 12.2 Å². The maximum absolute atomic E-state index is 12.4. The van der Waals surface area contributed by atoms with Crippen LogP contribution < -0.4 is 4.72 Å². The van der Waals surface area contributed by atoms with Gasteiger partial charge in [0.1, 0.15) is 5.82 Å². The van der Waals surface area contributed by atoms with Crippen LogP contribution in [0.4, 0.5) is 0 Å². The minimum atomic E-state index is -3.55. The van der Waals surface area contributed by atoms with E-state index < -0.39 is 10.0 Å². The summed E-state index contributed by atoms with van der Waals surface area (Å²) < 4.78 is 27.5. The van der Waals surface area contributed by atoms with Gasteiger partial charge in [-0.1, -0.05) is 13.0 Å². The topological polar surface area (TPSA) is 74.8 Å². The molecule has 0 aliphatic heterocycles. The molecule has 0 spiro atoms. The summed E-state index contributed by atoms with van der Waals surface area (Å²) in [6.07, 6.45) is 3.92. The van der Waals surface area contributed by atoms with E-state index in [4.69, 9.17) is 0 Å². The van der Waals surface area contributed by atoms with E-state index in [1.807, 2.05) is 26.8 Å². The minimum absolute atomic E-state index is 0.283. The van der Waals surface area contributed by atoms with Crippen LogP contribution in [0.25, 0.3) is 0 Å². The molecule has 108 valence electrons. The fourth-order valence-electron chi connectivity index (χ4n) is 1.94. The Morgan fingerprint density at radius 1 is 1.30 bits per heavy atom. The van der Waals surface area contributed by atoms with Crippen LogP contribution in [0.15, 0.2) is 35.5 Å². The Morgan fingerprint density at radius 3 is 2.60 bits per heavy atom. The third-order valence-electron chi connectivity index (χ3n) is 3.34. The monoisotopic (exact) mass is 293 g/mol.